The molecule has 2 aliphatic heterocycles. The Morgan fingerprint density at radius 2 is 2.30 bits per heavy atom. The van der Waals surface area contributed by atoms with E-state index in [1.54, 1.807) is 0 Å². The minimum Gasteiger partial charge on any atom is -0.376 e. The number of anilines is 1. The van der Waals surface area contributed by atoms with Gasteiger partial charge in [-0.15, -0.1) is 0 Å². The fraction of sp³-hybridized carbons (Fsp3) is 0.706. The largest absolute Gasteiger partial charge is 0.376 e. The van der Waals surface area contributed by atoms with Crippen LogP contribution in [-0.4, -0.2) is 54.6 Å². The van der Waals surface area contributed by atoms with Gasteiger partial charge in [0, 0.05) is 45.4 Å². The molecule has 1 aromatic rings. The Labute approximate surface area is 136 Å². The van der Waals surface area contributed by atoms with E-state index in [9.17, 15) is 4.79 Å². The van der Waals surface area contributed by atoms with E-state index in [0.29, 0.717) is 25.0 Å². The Morgan fingerprint density at radius 3 is 3.04 bits per heavy atom. The maximum atomic E-state index is 12.5. The predicted octanol–water partition coefficient (Wildman–Crippen LogP) is 1.34. The van der Waals surface area contributed by atoms with Crippen LogP contribution < -0.4 is 4.90 Å². The molecule has 3 heterocycles. The van der Waals surface area contributed by atoms with E-state index in [0.717, 1.165) is 43.1 Å². The maximum Gasteiger partial charge on any atom is 0.225 e. The summed E-state index contributed by atoms with van der Waals surface area (Å²) in [6.07, 6.45) is 5.97. The lowest BCUT2D eigenvalue weighted by Gasteiger charge is -2.34. The quantitative estimate of drug-likeness (QED) is 0.842. The number of hydrogen-bond donors (Lipinski definition) is 0. The van der Waals surface area contributed by atoms with E-state index < -0.39 is 0 Å². The SMILES string of the molecule is CN(C)c1ncc2c(n1)[C@]1(CCN(C(=O)CC3CC3)C1)COC2. The summed E-state index contributed by atoms with van der Waals surface area (Å²) < 4.78 is 5.82. The van der Waals surface area contributed by atoms with Gasteiger partial charge in [-0.05, 0) is 25.2 Å². The molecule has 1 saturated carbocycles. The Morgan fingerprint density at radius 1 is 1.48 bits per heavy atom. The molecule has 6 nitrogen and oxygen atoms in total. The van der Waals surface area contributed by atoms with Crippen LogP contribution in [0.3, 0.4) is 0 Å². The molecule has 23 heavy (non-hydrogen) atoms. The number of likely N-dealkylation sites (tertiary alicyclic amines) is 1. The standard InChI is InChI=1S/C17H24N4O2/c1-20(2)16-18-8-13-9-23-11-17(15(13)19-16)5-6-21(10-17)14(22)7-12-3-4-12/h8,12H,3-7,9-11H2,1-2H3/t17-/m0/s1. The third-order valence-corrected chi connectivity index (χ3v) is 5.26. The summed E-state index contributed by atoms with van der Waals surface area (Å²) in [4.78, 5) is 25.6. The van der Waals surface area contributed by atoms with Crippen molar-refractivity contribution in [3.63, 3.8) is 0 Å². The third kappa shape index (κ3) is 2.69. The van der Waals surface area contributed by atoms with Gasteiger partial charge in [0.15, 0.2) is 0 Å². The molecule has 3 aliphatic rings. The lowest BCUT2D eigenvalue weighted by Crippen LogP contribution is -2.42. The molecule has 0 bridgehead atoms. The second-order valence-electron chi connectivity index (χ2n) is 7.42. The summed E-state index contributed by atoms with van der Waals surface area (Å²) >= 11 is 0. The first-order valence-corrected chi connectivity index (χ1v) is 8.47. The van der Waals surface area contributed by atoms with Gasteiger partial charge >= 0.3 is 0 Å². The van der Waals surface area contributed by atoms with Crippen LogP contribution in [-0.2, 0) is 21.6 Å². The van der Waals surface area contributed by atoms with Gasteiger partial charge in [-0.3, -0.25) is 4.79 Å². The topological polar surface area (TPSA) is 58.6 Å². The summed E-state index contributed by atoms with van der Waals surface area (Å²) in [5, 5.41) is 0. The zero-order chi connectivity index (χ0) is 16.0. The Bertz CT molecular complexity index is 629. The second-order valence-corrected chi connectivity index (χ2v) is 7.42. The summed E-state index contributed by atoms with van der Waals surface area (Å²) in [5.74, 6) is 1.67. The zero-order valence-electron chi connectivity index (χ0n) is 13.9. The number of ether oxygens (including phenoxy) is 1. The molecule has 6 heteroatoms. The van der Waals surface area contributed by atoms with Crippen molar-refractivity contribution >= 4 is 11.9 Å². The highest BCUT2D eigenvalue weighted by molar-refractivity contribution is 5.77. The average Bonchev–Trinajstić information content (AvgIpc) is 3.25. The van der Waals surface area contributed by atoms with E-state index in [1.807, 2.05) is 30.1 Å². The molecule has 1 aliphatic carbocycles. The van der Waals surface area contributed by atoms with Gasteiger partial charge in [0.25, 0.3) is 0 Å². The Hall–Kier alpha value is -1.69. The van der Waals surface area contributed by atoms with Gasteiger partial charge in [-0.2, -0.15) is 0 Å². The predicted molar refractivity (Wildman–Crippen MR) is 86.2 cm³/mol. The molecule has 1 saturated heterocycles. The van der Waals surface area contributed by atoms with Gasteiger partial charge in [0.05, 0.1) is 24.3 Å². The van der Waals surface area contributed by atoms with Gasteiger partial charge < -0.3 is 14.5 Å². The third-order valence-electron chi connectivity index (χ3n) is 5.26. The fourth-order valence-electron chi connectivity index (χ4n) is 3.70. The number of carbonyl (C=O) groups is 1. The molecule has 124 valence electrons. The fourth-order valence-corrected chi connectivity index (χ4v) is 3.70. The van der Waals surface area contributed by atoms with Crippen molar-refractivity contribution in [3.05, 3.63) is 17.5 Å². The Kier molecular flexibility index (Phi) is 3.52. The lowest BCUT2D eigenvalue weighted by atomic mass is 9.80. The van der Waals surface area contributed by atoms with Gasteiger partial charge in [-0.25, -0.2) is 9.97 Å². The number of fused-ring (bicyclic) bond motifs is 2. The summed E-state index contributed by atoms with van der Waals surface area (Å²) in [5.41, 5.74) is 2.00. The van der Waals surface area contributed by atoms with Crippen LogP contribution in [0.15, 0.2) is 6.20 Å². The van der Waals surface area contributed by atoms with Crippen LogP contribution >= 0.6 is 0 Å². The summed E-state index contributed by atoms with van der Waals surface area (Å²) in [6, 6.07) is 0. The van der Waals surface area contributed by atoms with Crippen LogP contribution in [0, 0.1) is 5.92 Å². The van der Waals surface area contributed by atoms with E-state index in [2.05, 4.69) is 4.98 Å². The number of carbonyl (C=O) groups excluding carboxylic acids is 1. The normalized spacial score (nSPS) is 26.4. The van der Waals surface area contributed by atoms with E-state index in [4.69, 9.17) is 9.72 Å². The highest BCUT2D eigenvalue weighted by atomic mass is 16.5. The highest BCUT2D eigenvalue weighted by Crippen LogP contribution is 2.40. The minimum atomic E-state index is -0.152. The van der Waals surface area contributed by atoms with Crippen molar-refractivity contribution in [1.82, 2.24) is 14.9 Å². The number of nitrogens with zero attached hydrogens (tertiary/aromatic N) is 4. The van der Waals surface area contributed by atoms with E-state index >= 15 is 0 Å². The van der Waals surface area contributed by atoms with Crippen molar-refractivity contribution < 1.29 is 9.53 Å². The maximum absolute atomic E-state index is 12.5. The lowest BCUT2D eigenvalue weighted by molar-refractivity contribution is -0.130. The molecule has 0 aromatic carbocycles. The number of aromatic nitrogens is 2. The van der Waals surface area contributed by atoms with Crippen molar-refractivity contribution in [3.8, 4) is 0 Å². The Balaban J connectivity index is 1.60. The monoisotopic (exact) mass is 316 g/mol. The van der Waals surface area contributed by atoms with Crippen molar-refractivity contribution in [2.24, 2.45) is 5.92 Å². The van der Waals surface area contributed by atoms with Crippen LogP contribution in [0.1, 0.15) is 36.9 Å². The molecule has 0 radical (unpaired) electrons. The highest BCUT2D eigenvalue weighted by Gasteiger charge is 2.46. The number of amides is 1. The van der Waals surface area contributed by atoms with Crippen LogP contribution in [0.2, 0.25) is 0 Å². The molecule has 0 unspecified atom stereocenters. The molecule has 2 fully saturated rings. The zero-order valence-corrected chi connectivity index (χ0v) is 13.9. The van der Waals surface area contributed by atoms with Gasteiger partial charge in [0.1, 0.15) is 0 Å². The van der Waals surface area contributed by atoms with Crippen LogP contribution in [0.4, 0.5) is 5.95 Å². The molecular weight excluding hydrogens is 292 g/mol. The van der Waals surface area contributed by atoms with Crippen molar-refractivity contribution in [2.45, 2.75) is 37.7 Å². The first-order chi connectivity index (χ1) is 11.1. The average molecular weight is 316 g/mol. The van der Waals surface area contributed by atoms with Crippen molar-refractivity contribution in [1.29, 1.82) is 0 Å². The summed E-state index contributed by atoms with van der Waals surface area (Å²) in [6.45, 7) is 2.77. The molecule has 1 atom stereocenters. The molecule has 1 amide bonds. The number of rotatable bonds is 3. The second kappa shape index (κ2) is 5.44. The van der Waals surface area contributed by atoms with Crippen LogP contribution in [0.5, 0.6) is 0 Å². The molecule has 0 N–H and O–H groups in total. The van der Waals surface area contributed by atoms with E-state index in [-0.39, 0.29) is 5.41 Å². The van der Waals surface area contributed by atoms with Crippen molar-refractivity contribution in [2.75, 3.05) is 38.7 Å². The van der Waals surface area contributed by atoms with E-state index in [1.165, 1.54) is 12.8 Å². The molecule has 4 rings (SSSR count). The minimum absolute atomic E-state index is 0.152. The van der Waals surface area contributed by atoms with Crippen LogP contribution in [0.25, 0.3) is 0 Å². The van der Waals surface area contributed by atoms with Gasteiger partial charge in [-0.1, -0.05) is 0 Å². The molecule has 1 spiro atoms. The summed E-state index contributed by atoms with van der Waals surface area (Å²) in [7, 11) is 3.90. The van der Waals surface area contributed by atoms with Gasteiger partial charge in [0.2, 0.25) is 11.9 Å². The molecule has 1 aromatic heterocycles. The number of hydrogen-bond acceptors (Lipinski definition) is 5. The first kappa shape index (κ1) is 14.9. The first-order valence-electron chi connectivity index (χ1n) is 8.47. The molecular formula is C17H24N4O2. The smallest absolute Gasteiger partial charge is 0.225 e.